The first-order valence-corrected chi connectivity index (χ1v) is 10.3. The van der Waals surface area contributed by atoms with E-state index >= 15 is 0 Å². The molecule has 2 aromatic heterocycles. The number of esters is 1. The van der Waals surface area contributed by atoms with Crippen molar-refractivity contribution in [2.75, 3.05) is 11.9 Å². The van der Waals surface area contributed by atoms with Crippen LogP contribution in [-0.2, 0) is 16.1 Å². The Morgan fingerprint density at radius 2 is 1.97 bits per heavy atom. The molecule has 11 heteroatoms. The van der Waals surface area contributed by atoms with Gasteiger partial charge in [-0.2, -0.15) is 0 Å². The number of amides is 1. The smallest absolute Gasteiger partial charge is 0.341 e. The number of aromatic nitrogens is 1. The zero-order valence-corrected chi connectivity index (χ0v) is 17.7. The highest BCUT2D eigenvalue weighted by Crippen LogP contribution is 2.39. The summed E-state index contributed by atoms with van der Waals surface area (Å²) in [5.74, 6) is -1.28. The fourth-order valence-electron chi connectivity index (χ4n) is 2.80. The van der Waals surface area contributed by atoms with Gasteiger partial charge >= 0.3 is 5.97 Å². The van der Waals surface area contributed by atoms with Crippen LogP contribution in [0, 0.1) is 10.1 Å². The van der Waals surface area contributed by atoms with Crippen molar-refractivity contribution in [2.24, 2.45) is 0 Å². The number of rotatable bonds is 7. The van der Waals surface area contributed by atoms with Crippen LogP contribution >= 0.6 is 22.9 Å². The summed E-state index contributed by atoms with van der Waals surface area (Å²) < 4.78 is 6.05. The van der Waals surface area contributed by atoms with E-state index in [1.165, 1.54) is 0 Å². The molecular formula is C20H16ClN3O6S. The fourth-order valence-corrected chi connectivity index (χ4v) is 4.01. The monoisotopic (exact) mass is 461 g/mol. The number of benzene rings is 1. The van der Waals surface area contributed by atoms with Gasteiger partial charge in [0.05, 0.1) is 17.7 Å². The predicted molar refractivity (Wildman–Crippen MR) is 117 cm³/mol. The summed E-state index contributed by atoms with van der Waals surface area (Å²) in [4.78, 5) is 47.3. The number of nitrogens with zero attached hydrogens (tertiary/aromatic N) is 2. The molecule has 1 amide bonds. The summed E-state index contributed by atoms with van der Waals surface area (Å²) in [7, 11) is 0. The molecule has 0 radical (unpaired) electrons. The molecule has 0 aliphatic carbocycles. The van der Waals surface area contributed by atoms with Crippen molar-refractivity contribution in [1.82, 2.24) is 4.57 Å². The van der Waals surface area contributed by atoms with Crippen LogP contribution in [0.2, 0.25) is 5.02 Å². The van der Waals surface area contributed by atoms with Crippen LogP contribution in [0.4, 0.5) is 10.7 Å². The van der Waals surface area contributed by atoms with Gasteiger partial charge in [0.15, 0.2) is 0 Å². The number of nitrogens with one attached hydrogen (secondary N) is 1. The third-order valence-corrected chi connectivity index (χ3v) is 5.41. The first-order valence-electron chi connectivity index (χ1n) is 9.00. The lowest BCUT2D eigenvalue weighted by atomic mass is 10.0. The first kappa shape index (κ1) is 22.2. The van der Waals surface area contributed by atoms with Gasteiger partial charge < -0.3 is 10.1 Å². The van der Waals surface area contributed by atoms with Gasteiger partial charge in [-0.3, -0.25) is 24.3 Å². The topological polar surface area (TPSA) is 121 Å². The van der Waals surface area contributed by atoms with E-state index in [1.54, 1.807) is 36.6 Å². The lowest BCUT2D eigenvalue weighted by Gasteiger charge is -2.10. The molecule has 0 fully saturated rings. The molecule has 0 saturated carbocycles. The van der Waals surface area contributed by atoms with Gasteiger partial charge in [-0.05, 0) is 13.0 Å². The van der Waals surface area contributed by atoms with E-state index in [9.17, 15) is 24.5 Å². The predicted octanol–water partition coefficient (Wildman–Crippen LogP) is 3.95. The number of thiophene rings is 1. The molecule has 0 aliphatic heterocycles. The Morgan fingerprint density at radius 1 is 1.23 bits per heavy atom. The summed E-state index contributed by atoms with van der Waals surface area (Å²) in [5.41, 5.74) is 0.335. The molecule has 3 rings (SSSR count). The number of ether oxygens (including phenoxy) is 1. The highest BCUT2D eigenvalue weighted by molar-refractivity contribution is 7.15. The maximum absolute atomic E-state index is 12.6. The van der Waals surface area contributed by atoms with Crippen LogP contribution < -0.4 is 10.9 Å². The third kappa shape index (κ3) is 4.98. The van der Waals surface area contributed by atoms with Crippen molar-refractivity contribution in [2.45, 2.75) is 13.5 Å². The van der Waals surface area contributed by atoms with E-state index in [0.717, 1.165) is 34.2 Å². The number of pyridine rings is 1. The number of carbonyl (C=O) groups is 2. The third-order valence-electron chi connectivity index (χ3n) is 4.18. The number of carbonyl (C=O) groups excluding carboxylic acids is 2. The van der Waals surface area contributed by atoms with Crippen LogP contribution in [0.3, 0.4) is 0 Å². The maximum atomic E-state index is 12.6. The summed E-state index contributed by atoms with van der Waals surface area (Å²) in [5, 5.41) is 15.8. The standard InChI is InChI=1S/C20H16ClN3O6S/c1-2-30-20(27)18-14(13-5-3-4-6-15(13)21)11-31-19(18)22-16(25)10-23-9-12(24(28)29)7-8-17(23)26/h3-9,11H,2,10H2,1H3,(H,22,25). The molecule has 0 aliphatic rings. The number of halogens is 1. The fraction of sp³-hybridized carbons (Fsp3) is 0.150. The molecule has 3 aromatic rings. The van der Waals surface area contributed by atoms with Gasteiger partial charge in [0.25, 0.3) is 11.2 Å². The number of hydrogen-bond acceptors (Lipinski definition) is 7. The molecule has 0 spiro atoms. The zero-order chi connectivity index (χ0) is 22.5. The van der Waals surface area contributed by atoms with Crippen molar-refractivity contribution >= 4 is 45.5 Å². The molecule has 0 saturated heterocycles. The van der Waals surface area contributed by atoms with Crippen molar-refractivity contribution in [3.63, 3.8) is 0 Å². The molecule has 2 heterocycles. The molecule has 31 heavy (non-hydrogen) atoms. The molecule has 0 atom stereocenters. The van der Waals surface area contributed by atoms with Gasteiger partial charge in [0.1, 0.15) is 17.1 Å². The summed E-state index contributed by atoms with van der Waals surface area (Å²) in [6.07, 6.45) is 0.984. The Bertz CT molecular complexity index is 1220. The van der Waals surface area contributed by atoms with E-state index in [4.69, 9.17) is 16.3 Å². The Morgan fingerprint density at radius 3 is 2.65 bits per heavy atom. The van der Waals surface area contributed by atoms with Gasteiger partial charge in [-0.15, -0.1) is 11.3 Å². The van der Waals surface area contributed by atoms with E-state index in [1.807, 2.05) is 0 Å². The second-order valence-electron chi connectivity index (χ2n) is 6.21. The second kappa shape index (κ2) is 9.54. The number of hydrogen-bond donors (Lipinski definition) is 1. The minimum Gasteiger partial charge on any atom is -0.462 e. The molecule has 1 N–H and O–H groups in total. The molecule has 0 unspecified atom stereocenters. The Hall–Kier alpha value is -3.50. The molecule has 1 aromatic carbocycles. The number of nitro groups is 1. The van der Waals surface area contributed by atoms with Crippen molar-refractivity contribution in [3.8, 4) is 11.1 Å². The summed E-state index contributed by atoms with van der Waals surface area (Å²) >= 11 is 7.36. The van der Waals surface area contributed by atoms with Gasteiger partial charge in [0, 0.05) is 33.7 Å². The average Bonchev–Trinajstić information content (AvgIpc) is 3.13. The van der Waals surface area contributed by atoms with Crippen molar-refractivity contribution < 1.29 is 19.2 Å². The van der Waals surface area contributed by atoms with Crippen molar-refractivity contribution in [3.05, 3.63) is 79.0 Å². The SMILES string of the molecule is CCOC(=O)c1c(-c2ccccc2Cl)csc1NC(=O)Cn1cc([N+](=O)[O-])ccc1=O. The quantitative estimate of drug-likeness (QED) is 0.323. The normalized spacial score (nSPS) is 10.5. The Balaban J connectivity index is 1.93. The highest BCUT2D eigenvalue weighted by Gasteiger charge is 2.24. The summed E-state index contributed by atoms with van der Waals surface area (Å²) in [6, 6.07) is 9.00. The van der Waals surface area contributed by atoms with E-state index in [0.29, 0.717) is 16.1 Å². The number of anilines is 1. The largest absolute Gasteiger partial charge is 0.462 e. The van der Waals surface area contributed by atoms with Crippen LogP contribution in [0.15, 0.2) is 52.8 Å². The minimum absolute atomic E-state index is 0.132. The van der Waals surface area contributed by atoms with Crippen LogP contribution in [0.25, 0.3) is 11.1 Å². The highest BCUT2D eigenvalue weighted by atomic mass is 35.5. The first-order chi connectivity index (χ1) is 14.8. The Kier molecular flexibility index (Phi) is 6.83. The van der Waals surface area contributed by atoms with Gasteiger partial charge in [-0.1, -0.05) is 29.8 Å². The zero-order valence-electron chi connectivity index (χ0n) is 16.2. The van der Waals surface area contributed by atoms with E-state index in [-0.39, 0.29) is 22.9 Å². The Labute approximate surface area is 185 Å². The van der Waals surface area contributed by atoms with Gasteiger partial charge in [0.2, 0.25) is 5.91 Å². The van der Waals surface area contributed by atoms with Gasteiger partial charge in [-0.25, -0.2) is 4.79 Å². The van der Waals surface area contributed by atoms with Crippen LogP contribution in [0.5, 0.6) is 0 Å². The van der Waals surface area contributed by atoms with E-state index < -0.39 is 28.9 Å². The second-order valence-corrected chi connectivity index (χ2v) is 7.50. The maximum Gasteiger partial charge on any atom is 0.341 e. The van der Waals surface area contributed by atoms with Crippen LogP contribution in [0.1, 0.15) is 17.3 Å². The summed E-state index contributed by atoms with van der Waals surface area (Å²) in [6.45, 7) is 1.32. The van der Waals surface area contributed by atoms with Crippen LogP contribution in [-0.4, -0.2) is 28.0 Å². The lowest BCUT2D eigenvalue weighted by molar-refractivity contribution is -0.385. The average molecular weight is 462 g/mol. The molecule has 160 valence electrons. The molecule has 0 bridgehead atoms. The van der Waals surface area contributed by atoms with Crippen molar-refractivity contribution in [1.29, 1.82) is 0 Å². The molecular weight excluding hydrogens is 446 g/mol. The molecule has 9 nitrogen and oxygen atoms in total. The lowest BCUT2D eigenvalue weighted by Crippen LogP contribution is -2.27. The van der Waals surface area contributed by atoms with E-state index in [2.05, 4.69) is 5.32 Å². The minimum atomic E-state index is -0.665.